The number of nitrogens with zero attached hydrogens (tertiary/aromatic N) is 1. The van der Waals surface area contributed by atoms with Gasteiger partial charge in [0.2, 0.25) is 0 Å². The summed E-state index contributed by atoms with van der Waals surface area (Å²) in [7, 11) is 0. The normalized spacial score (nSPS) is 16.2. The molecule has 0 radical (unpaired) electrons. The van der Waals surface area contributed by atoms with Crippen LogP contribution in [0.5, 0.6) is 0 Å². The van der Waals surface area contributed by atoms with E-state index in [1.54, 1.807) is 0 Å². The number of oxazole rings is 1. The van der Waals surface area contributed by atoms with Crippen LogP contribution in [-0.2, 0) is 6.42 Å². The van der Waals surface area contributed by atoms with Crippen molar-refractivity contribution in [3.05, 3.63) is 28.2 Å². The van der Waals surface area contributed by atoms with E-state index in [1.807, 2.05) is 6.07 Å². The number of H-pyrrole nitrogens is 1. The second-order valence-corrected chi connectivity index (χ2v) is 4.99. The number of rotatable bonds is 3. The predicted octanol–water partition coefficient (Wildman–Crippen LogP) is 1.48. The zero-order valence-corrected chi connectivity index (χ0v) is 11.2. The molecule has 1 saturated heterocycles. The lowest BCUT2D eigenvalue weighted by Crippen LogP contribution is -2.43. The lowest BCUT2D eigenvalue weighted by molar-refractivity contribution is 0.547. The van der Waals surface area contributed by atoms with Crippen molar-refractivity contribution in [2.75, 3.05) is 31.1 Å². The fourth-order valence-corrected chi connectivity index (χ4v) is 2.67. The average molecular weight is 261 g/mol. The zero-order valence-electron chi connectivity index (χ0n) is 11.2. The summed E-state index contributed by atoms with van der Waals surface area (Å²) in [5, 5.41) is 3.34. The van der Waals surface area contributed by atoms with Gasteiger partial charge in [-0.15, -0.1) is 0 Å². The molecule has 0 bridgehead atoms. The van der Waals surface area contributed by atoms with Crippen LogP contribution in [0.25, 0.3) is 11.1 Å². The Morgan fingerprint density at radius 1 is 1.32 bits per heavy atom. The van der Waals surface area contributed by atoms with E-state index in [4.69, 9.17) is 4.42 Å². The van der Waals surface area contributed by atoms with Crippen LogP contribution >= 0.6 is 0 Å². The Labute approximate surface area is 111 Å². The van der Waals surface area contributed by atoms with Crippen molar-refractivity contribution < 1.29 is 4.42 Å². The highest BCUT2D eigenvalue weighted by Crippen LogP contribution is 2.28. The minimum absolute atomic E-state index is 0.375. The largest absolute Gasteiger partial charge is 0.417 e. The zero-order chi connectivity index (χ0) is 13.2. The fraction of sp³-hybridized carbons (Fsp3) is 0.500. The number of aromatic amines is 1. The molecule has 0 aliphatic carbocycles. The molecule has 1 aromatic carbocycles. The highest BCUT2D eigenvalue weighted by molar-refractivity contribution is 5.87. The molecule has 19 heavy (non-hydrogen) atoms. The molecule has 1 aliphatic rings. The number of benzene rings is 1. The second kappa shape index (κ2) is 5.09. The van der Waals surface area contributed by atoms with Gasteiger partial charge in [0, 0.05) is 26.2 Å². The Morgan fingerprint density at radius 2 is 2.11 bits per heavy atom. The van der Waals surface area contributed by atoms with Crippen molar-refractivity contribution in [3.63, 3.8) is 0 Å². The SMILES string of the molecule is CCCc1cc(N2CCNCC2)c2oc(=O)[nH]c2c1. The summed E-state index contributed by atoms with van der Waals surface area (Å²) in [5.41, 5.74) is 3.79. The number of hydrogen-bond donors (Lipinski definition) is 2. The van der Waals surface area contributed by atoms with Crippen LogP contribution in [0, 0.1) is 0 Å². The van der Waals surface area contributed by atoms with Gasteiger partial charge in [-0.3, -0.25) is 4.98 Å². The minimum Gasteiger partial charge on any atom is -0.406 e. The van der Waals surface area contributed by atoms with Gasteiger partial charge in [-0.05, 0) is 24.1 Å². The summed E-state index contributed by atoms with van der Waals surface area (Å²) in [4.78, 5) is 16.5. The van der Waals surface area contributed by atoms with E-state index in [9.17, 15) is 4.79 Å². The predicted molar refractivity (Wildman–Crippen MR) is 75.9 cm³/mol. The van der Waals surface area contributed by atoms with E-state index in [0.717, 1.165) is 50.2 Å². The standard InChI is InChI=1S/C14H19N3O2/c1-2-3-10-8-11-13(19-14(18)16-11)12(9-10)17-6-4-15-5-7-17/h8-9,15H,2-7H2,1H3,(H,16,18). The number of piperazine rings is 1. The van der Waals surface area contributed by atoms with E-state index in [1.165, 1.54) is 5.56 Å². The van der Waals surface area contributed by atoms with Gasteiger partial charge in [0.25, 0.3) is 0 Å². The number of hydrogen-bond acceptors (Lipinski definition) is 4. The first-order chi connectivity index (χ1) is 9.28. The van der Waals surface area contributed by atoms with E-state index >= 15 is 0 Å². The second-order valence-electron chi connectivity index (χ2n) is 4.99. The molecule has 2 N–H and O–H groups in total. The maximum absolute atomic E-state index is 11.4. The maximum Gasteiger partial charge on any atom is 0.417 e. The van der Waals surface area contributed by atoms with E-state index in [0.29, 0.717) is 5.58 Å². The number of aromatic nitrogens is 1. The molecule has 5 heteroatoms. The van der Waals surface area contributed by atoms with Crippen LogP contribution in [0.1, 0.15) is 18.9 Å². The van der Waals surface area contributed by atoms with Gasteiger partial charge in [-0.1, -0.05) is 13.3 Å². The first-order valence-electron chi connectivity index (χ1n) is 6.89. The summed E-state index contributed by atoms with van der Waals surface area (Å²) < 4.78 is 5.31. The molecular formula is C14H19N3O2. The lowest BCUT2D eigenvalue weighted by atomic mass is 10.1. The average Bonchev–Trinajstić information content (AvgIpc) is 2.79. The van der Waals surface area contributed by atoms with Crippen LogP contribution in [0.3, 0.4) is 0 Å². The van der Waals surface area contributed by atoms with Crippen LogP contribution in [0.15, 0.2) is 21.3 Å². The molecular weight excluding hydrogens is 242 g/mol. The van der Waals surface area contributed by atoms with Crippen molar-refractivity contribution in [2.45, 2.75) is 19.8 Å². The van der Waals surface area contributed by atoms with Gasteiger partial charge >= 0.3 is 5.76 Å². The molecule has 1 aliphatic heterocycles. The van der Waals surface area contributed by atoms with Gasteiger partial charge < -0.3 is 14.6 Å². The third-order valence-corrected chi connectivity index (χ3v) is 3.56. The summed E-state index contributed by atoms with van der Waals surface area (Å²) >= 11 is 0. The molecule has 5 nitrogen and oxygen atoms in total. The quantitative estimate of drug-likeness (QED) is 0.878. The molecule has 0 spiro atoms. The van der Waals surface area contributed by atoms with Crippen LogP contribution in [0.2, 0.25) is 0 Å². The van der Waals surface area contributed by atoms with Crippen molar-refractivity contribution >= 4 is 16.8 Å². The molecule has 0 unspecified atom stereocenters. The highest BCUT2D eigenvalue weighted by Gasteiger charge is 2.17. The summed E-state index contributed by atoms with van der Waals surface area (Å²) in [6.45, 7) is 5.98. The summed E-state index contributed by atoms with van der Waals surface area (Å²) in [6.07, 6.45) is 2.11. The smallest absolute Gasteiger partial charge is 0.406 e. The molecule has 0 atom stereocenters. The van der Waals surface area contributed by atoms with Gasteiger partial charge in [-0.25, -0.2) is 4.79 Å². The number of aryl methyl sites for hydroxylation is 1. The lowest BCUT2D eigenvalue weighted by Gasteiger charge is -2.29. The number of fused-ring (bicyclic) bond motifs is 1. The fourth-order valence-electron chi connectivity index (χ4n) is 2.67. The van der Waals surface area contributed by atoms with Crippen LogP contribution in [-0.4, -0.2) is 31.2 Å². The molecule has 1 fully saturated rings. The third-order valence-electron chi connectivity index (χ3n) is 3.56. The Morgan fingerprint density at radius 3 is 2.84 bits per heavy atom. The summed E-state index contributed by atoms with van der Waals surface area (Å²) in [5.74, 6) is -0.375. The number of nitrogens with one attached hydrogen (secondary N) is 2. The molecule has 2 aromatic rings. The van der Waals surface area contributed by atoms with Gasteiger partial charge in [0.15, 0.2) is 5.58 Å². The Kier molecular flexibility index (Phi) is 3.29. The number of anilines is 1. The topological polar surface area (TPSA) is 61.3 Å². The Bertz CT molecular complexity index is 623. The van der Waals surface area contributed by atoms with Crippen molar-refractivity contribution in [1.82, 2.24) is 10.3 Å². The van der Waals surface area contributed by atoms with E-state index < -0.39 is 0 Å². The molecule has 102 valence electrons. The first kappa shape index (κ1) is 12.3. The Balaban J connectivity index is 2.10. The van der Waals surface area contributed by atoms with Gasteiger partial charge in [0.05, 0.1) is 11.2 Å². The van der Waals surface area contributed by atoms with Gasteiger partial charge in [-0.2, -0.15) is 0 Å². The van der Waals surface area contributed by atoms with Crippen LogP contribution in [0.4, 0.5) is 5.69 Å². The van der Waals surface area contributed by atoms with Gasteiger partial charge in [0.1, 0.15) is 0 Å². The van der Waals surface area contributed by atoms with Crippen molar-refractivity contribution in [2.24, 2.45) is 0 Å². The Hall–Kier alpha value is -1.75. The maximum atomic E-state index is 11.4. The molecule has 0 amide bonds. The van der Waals surface area contributed by atoms with E-state index in [2.05, 4.69) is 28.2 Å². The molecule has 1 aromatic heterocycles. The first-order valence-corrected chi connectivity index (χ1v) is 6.89. The minimum atomic E-state index is -0.375. The van der Waals surface area contributed by atoms with Crippen LogP contribution < -0.4 is 16.0 Å². The van der Waals surface area contributed by atoms with Crippen molar-refractivity contribution in [3.8, 4) is 0 Å². The highest BCUT2D eigenvalue weighted by atomic mass is 16.4. The molecule has 0 saturated carbocycles. The molecule has 2 heterocycles. The molecule has 3 rings (SSSR count). The summed E-state index contributed by atoms with van der Waals surface area (Å²) in [6, 6.07) is 4.18. The van der Waals surface area contributed by atoms with Crippen molar-refractivity contribution in [1.29, 1.82) is 0 Å². The third kappa shape index (κ3) is 2.38. The van der Waals surface area contributed by atoms with E-state index in [-0.39, 0.29) is 5.76 Å². The monoisotopic (exact) mass is 261 g/mol.